The first kappa shape index (κ1) is 13.8. The molecule has 1 saturated heterocycles. The first-order valence-electron chi connectivity index (χ1n) is 6.87. The minimum Gasteiger partial charge on any atom is -0.314 e. The normalized spacial score (nSPS) is 18.8. The van der Waals surface area contributed by atoms with Gasteiger partial charge < -0.3 is 5.32 Å². The van der Waals surface area contributed by atoms with Gasteiger partial charge in [-0.1, -0.05) is 37.4 Å². The van der Waals surface area contributed by atoms with Gasteiger partial charge in [0, 0.05) is 38.4 Å². The smallest absolute Gasteiger partial charge is 0.129 e. The maximum Gasteiger partial charge on any atom is 0.129 e. The molecular weight excluding hydrogens is 246 g/mol. The van der Waals surface area contributed by atoms with Crippen LogP contribution >= 0.6 is 11.6 Å². The zero-order valence-corrected chi connectivity index (χ0v) is 11.8. The number of aromatic nitrogens is 1. The molecule has 0 amide bonds. The Morgan fingerprint density at radius 1 is 1.39 bits per heavy atom. The molecule has 1 atom stereocenters. The van der Waals surface area contributed by atoms with Crippen molar-refractivity contribution in [1.82, 2.24) is 15.2 Å². The zero-order chi connectivity index (χ0) is 12.8. The van der Waals surface area contributed by atoms with E-state index in [1.807, 2.05) is 12.3 Å². The van der Waals surface area contributed by atoms with Gasteiger partial charge in [0.2, 0.25) is 0 Å². The predicted molar refractivity (Wildman–Crippen MR) is 76.0 cm³/mol. The molecule has 2 rings (SSSR count). The number of nitrogens with zero attached hydrogens (tertiary/aromatic N) is 2. The van der Waals surface area contributed by atoms with Crippen molar-refractivity contribution < 1.29 is 0 Å². The third-order valence-electron chi connectivity index (χ3n) is 3.56. The molecule has 18 heavy (non-hydrogen) atoms. The summed E-state index contributed by atoms with van der Waals surface area (Å²) in [4.78, 5) is 6.79. The monoisotopic (exact) mass is 267 g/mol. The number of piperazine rings is 1. The number of hydrogen-bond acceptors (Lipinski definition) is 3. The van der Waals surface area contributed by atoms with Crippen molar-refractivity contribution in [3.05, 3.63) is 29.0 Å². The van der Waals surface area contributed by atoms with Gasteiger partial charge in [0.1, 0.15) is 5.15 Å². The maximum atomic E-state index is 5.87. The molecule has 0 radical (unpaired) electrons. The third-order valence-corrected chi connectivity index (χ3v) is 3.78. The first-order chi connectivity index (χ1) is 8.81. The van der Waals surface area contributed by atoms with Gasteiger partial charge >= 0.3 is 0 Å². The molecule has 100 valence electrons. The highest BCUT2D eigenvalue weighted by Crippen LogP contribution is 2.26. The molecule has 0 spiro atoms. The molecule has 0 unspecified atom stereocenters. The lowest BCUT2D eigenvalue weighted by atomic mass is 10.0. The Bertz CT molecular complexity index is 347. The van der Waals surface area contributed by atoms with Crippen molar-refractivity contribution >= 4 is 11.6 Å². The summed E-state index contributed by atoms with van der Waals surface area (Å²) in [6, 6.07) is 4.52. The highest BCUT2D eigenvalue weighted by molar-refractivity contribution is 6.29. The fourth-order valence-corrected chi connectivity index (χ4v) is 2.65. The van der Waals surface area contributed by atoms with Gasteiger partial charge in [0.15, 0.2) is 0 Å². The molecule has 0 aromatic carbocycles. The van der Waals surface area contributed by atoms with Gasteiger partial charge in [0.25, 0.3) is 0 Å². The van der Waals surface area contributed by atoms with Crippen LogP contribution in [0.15, 0.2) is 18.3 Å². The van der Waals surface area contributed by atoms with Gasteiger partial charge in [-0.05, 0) is 18.1 Å². The standard InChI is InChI=1S/C14H22ClN3/c1-2-3-4-13(18-9-7-16-8-10-18)12-5-6-14(15)17-11-12/h5-6,11,13,16H,2-4,7-10H2,1H3/t13-/m0/s1. The molecule has 1 aliphatic rings. The van der Waals surface area contributed by atoms with E-state index in [4.69, 9.17) is 11.6 Å². The second kappa shape index (κ2) is 7.07. The van der Waals surface area contributed by atoms with Crippen LogP contribution in [0.3, 0.4) is 0 Å². The van der Waals surface area contributed by atoms with Crippen LogP contribution in [0.5, 0.6) is 0 Å². The van der Waals surface area contributed by atoms with Crippen LogP contribution in [0, 0.1) is 0 Å². The number of pyridine rings is 1. The van der Waals surface area contributed by atoms with E-state index in [2.05, 4.69) is 28.2 Å². The summed E-state index contributed by atoms with van der Waals surface area (Å²) >= 11 is 5.87. The Morgan fingerprint density at radius 2 is 2.17 bits per heavy atom. The third kappa shape index (κ3) is 3.67. The Labute approximate surface area is 115 Å². The fourth-order valence-electron chi connectivity index (χ4n) is 2.54. The average molecular weight is 268 g/mol. The lowest BCUT2D eigenvalue weighted by Gasteiger charge is -2.35. The summed E-state index contributed by atoms with van der Waals surface area (Å²) in [6.07, 6.45) is 5.64. The topological polar surface area (TPSA) is 28.2 Å². The van der Waals surface area contributed by atoms with Crippen LogP contribution < -0.4 is 5.32 Å². The maximum absolute atomic E-state index is 5.87. The molecule has 1 aliphatic heterocycles. The van der Waals surface area contributed by atoms with E-state index in [1.54, 1.807) is 0 Å². The highest BCUT2D eigenvalue weighted by atomic mass is 35.5. The summed E-state index contributed by atoms with van der Waals surface area (Å²) in [7, 11) is 0. The SMILES string of the molecule is CCCC[C@@H](c1ccc(Cl)nc1)N1CCNCC1. The van der Waals surface area contributed by atoms with Gasteiger partial charge in [-0.25, -0.2) is 4.98 Å². The van der Waals surface area contributed by atoms with E-state index in [9.17, 15) is 0 Å². The number of nitrogens with one attached hydrogen (secondary N) is 1. The summed E-state index contributed by atoms with van der Waals surface area (Å²) in [6.45, 7) is 6.66. The van der Waals surface area contributed by atoms with E-state index < -0.39 is 0 Å². The molecule has 3 nitrogen and oxygen atoms in total. The largest absolute Gasteiger partial charge is 0.314 e. The molecular formula is C14H22ClN3. The average Bonchev–Trinajstić information content (AvgIpc) is 2.42. The number of unbranched alkanes of at least 4 members (excludes halogenated alkanes) is 1. The van der Waals surface area contributed by atoms with Crippen LogP contribution in [0.4, 0.5) is 0 Å². The molecule has 1 aromatic heterocycles. The van der Waals surface area contributed by atoms with Gasteiger partial charge in [-0.15, -0.1) is 0 Å². The van der Waals surface area contributed by atoms with Crippen molar-refractivity contribution in [2.75, 3.05) is 26.2 Å². The van der Waals surface area contributed by atoms with Crippen LogP contribution in [0.1, 0.15) is 37.8 Å². The molecule has 1 fully saturated rings. The number of rotatable bonds is 5. The summed E-state index contributed by atoms with van der Waals surface area (Å²) in [5.41, 5.74) is 1.30. The lowest BCUT2D eigenvalue weighted by Crippen LogP contribution is -2.45. The molecule has 2 heterocycles. The molecule has 0 bridgehead atoms. The second-order valence-electron chi connectivity index (χ2n) is 4.86. The molecule has 0 saturated carbocycles. The lowest BCUT2D eigenvalue weighted by molar-refractivity contribution is 0.163. The summed E-state index contributed by atoms with van der Waals surface area (Å²) < 4.78 is 0. The second-order valence-corrected chi connectivity index (χ2v) is 5.25. The number of hydrogen-bond donors (Lipinski definition) is 1. The van der Waals surface area contributed by atoms with E-state index in [0.717, 1.165) is 26.2 Å². The Hall–Kier alpha value is -0.640. The van der Waals surface area contributed by atoms with E-state index >= 15 is 0 Å². The summed E-state index contributed by atoms with van der Waals surface area (Å²) in [5, 5.41) is 3.98. The van der Waals surface area contributed by atoms with Crippen LogP contribution in [0.25, 0.3) is 0 Å². The van der Waals surface area contributed by atoms with Crippen molar-refractivity contribution in [3.63, 3.8) is 0 Å². The minimum atomic E-state index is 0.497. The van der Waals surface area contributed by atoms with Crippen molar-refractivity contribution in [2.24, 2.45) is 0 Å². The van der Waals surface area contributed by atoms with Gasteiger partial charge in [-0.3, -0.25) is 4.90 Å². The van der Waals surface area contributed by atoms with Crippen molar-refractivity contribution in [3.8, 4) is 0 Å². The van der Waals surface area contributed by atoms with E-state index in [1.165, 1.54) is 24.8 Å². The molecule has 0 aliphatic carbocycles. The predicted octanol–water partition coefficient (Wildman–Crippen LogP) is 2.87. The molecule has 4 heteroatoms. The highest BCUT2D eigenvalue weighted by Gasteiger charge is 2.21. The van der Waals surface area contributed by atoms with Crippen molar-refractivity contribution in [2.45, 2.75) is 32.2 Å². The molecule has 1 N–H and O–H groups in total. The van der Waals surface area contributed by atoms with Crippen LogP contribution in [-0.2, 0) is 0 Å². The Balaban J connectivity index is 2.10. The van der Waals surface area contributed by atoms with E-state index in [-0.39, 0.29) is 0 Å². The first-order valence-corrected chi connectivity index (χ1v) is 7.25. The Morgan fingerprint density at radius 3 is 2.78 bits per heavy atom. The molecule has 1 aromatic rings. The fraction of sp³-hybridized carbons (Fsp3) is 0.643. The number of halogens is 1. The Kier molecular flexibility index (Phi) is 5.42. The quantitative estimate of drug-likeness (QED) is 0.832. The van der Waals surface area contributed by atoms with E-state index in [0.29, 0.717) is 11.2 Å². The zero-order valence-electron chi connectivity index (χ0n) is 11.0. The van der Waals surface area contributed by atoms with Gasteiger partial charge in [-0.2, -0.15) is 0 Å². The van der Waals surface area contributed by atoms with Crippen LogP contribution in [0.2, 0.25) is 5.15 Å². The van der Waals surface area contributed by atoms with Crippen molar-refractivity contribution in [1.29, 1.82) is 0 Å². The summed E-state index contributed by atoms with van der Waals surface area (Å²) in [5.74, 6) is 0. The van der Waals surface area contributed by atoms with Gasteiger partial charge in [0.05, 0.1) is 0 Å². The van der Waals surface area contributed by atoms with Crippen LogP contribution in [-0.4, -0.2) is 36.1 Å². The minimum absolute atomic E-state index is 0.497.